The third-order valence-corrected chi connectivity index (χ3v) is 5.78. The largest absolute Gasteiger partial charge is 0.393 e. The highest BCUT2D eigenvalue weighted by Gasteiger charge is 2.44. The van der Waals surface area contributed by atoms with Crippen molar-refractivity contribution in [3.63, 3.8) is 0 Å². The highest BCUT2D eigenvalue weighted by molar-refractivity contribution is 6.30. The number of nitrogens with zero attached hydrogens (tertiary/aromatic N) is 1. The third kappa shape index (κ3) is 4.56. The van der Waals surface area contributed by atoms with E-state index in [1.165, 1.54) is 12.1 Å². The quantitative estimate of drug-likeness (QED) is 0.867. The van der Waals surface area contributed by atoms with Crippen LogP contribution in [0.1, 0.15) is 45.1 Å². The number of ether oxygens (including phenoxy) is 1. The molecule has 2 aliphatic heterocycles. The zero-order valence-electron chi connectivity index (χ0n) is 15.4. The van der Waals surface area contributed by atoms with Crippen LogP contribution in [0.4, 0.5) is 4.39 Å². The van der Waals surface area contributed by atoms with Crippen LogP contribution in [0.2, 0.25) is 5.02 Å². The Hall–Kier alpha value is -1.17. The first kappa shape index (κ1) is 19.6. The minimum Gasteiger partial charge on any atom is -0.393 e. The molecule has 26 heavy (non-hydrogen) atoms. The van der Waals surface area contributed by atoms with Crippen molar-refractivity contribution in [1.29, 1.82) is 0 Å². The van der Waals surface area contributed by atoms with Gasteiger partial charge in [-0.05, 0) is 48.9 Å². The molecule has 0 saturated carbocycles. The van der Waals surface area contributed by atoms with Crippen molar-refractivity contribution in [2.45, 2.75) is 63.8 Å². The number of amides is 1. The second-order valence-corrected chi connectivity index (χ2v) is 8.45. The average Bonchev–Trinajstić information content (AvgIpc) is 2.53. The Morgan fingerprint density at radius 2 is 2.08 bits per heavy atom. The SMILES string of the molecule is CC(C)[C@H]1C[C@@H](O)CC2(CCN(C(=O)Cc3cc(F)cc(Cl)c3)CC2)O1. The Balaban J connectivity index is 1.60. The number of hydrogen-bond acceptors (Lipinski definition) is 3. The minimum absolute atomic E-state index is 0.0294. The summed E-state index contributed by atoms with van der Waals surface area (Å²) in [5.41, 5.74) is 0.260. The van der Waals surface area contributed by atoms with E-state index in [2.05, 4.69) is 13.8 Å². The van der Waals surface area contributed by atoms with Crippen LogP contribution in [0.25, 0.3) is 0 Å². The zero-order chi connectivity index (χ0) is 18.9. The Labute approximate surface area is 159 Å². The number of halogens is 2. The van der Waals surface area contributed by atoms with E-state index in [-0.39, 0.29) is 30.1 Å². The standard InChI is InChI=1S/C20H27ClFNO3/c1-13(2)18-11-17(24)12-20(26-18)3-5-23(6-4-20)19(25)9-14-7-15(21)10-16(22)8-14/h7-8,10,13,17-18,24H,3-6,9,11-12H2,1-2H3/t17-,18-/m1/s1. The third-order valence-electron chi connectivity index (χ3n) is 5.56. The van der Waals surface area contributed by atoms with Gasteiger partial charge in [0, 0.05) is 24.5 Å². The number of aliphatic hydroxyl groups is 1. The van der Waals surface area contributed by atoms with Gasteiger partial charge < -0.3 is 14.7 Å². The molecule has 0 unspecified atom stereocenters. The van der Waals surface area contributed by atoms with E-state index in [1.807, 2.05) is 0 Å². The fourth-order valence-electron chi connectivity index (χ4n) is 4.09. The van der Waals surface area contributed by atoms with Crippen LogP contribution >= 0.6 is 11.6 Å². The van der Waals surface area contributed by atoms with Gasteiger partial charge in [-0.25, -0.2) is 4.39 Å². The Morgan fingerprint density at radius 1 is 1.38 bits per heavy atom. The fourth-order valence-corrected chi connectivity index (χ4v) is 4.34. The summed E-state index contributed by atoms with van der Waals surface area (Å²) >= 11 is 5.86. The summed E-state index contributed by atoms with van der Waals surface area (Å²) in [6.07, 6.45) is 2.64. The van der Waals surface area contributed by atoms with Crippen LogP contribution in [0.5, 0.6) is 0 Å². The second kappa shape index (κ2) is 7.83. The summed E-state index contributed by atoms with van der Waals surface area (Å²) in [5.74, 6) is -0.0975. The van der Waals surface area contributed by atoms with Crippen molar-refractivity contribution in [1.82, 2.24) is 4.90 Å². The predicted octanol–water partition coefficient (Wildman–Crippen LogP) is 3.58. The van der Waals surface area contributed by atoms with Crippen LogP contribution < -0.4 is 0 Å². The summed E-state index contributed by atoms with van der Waals surface area (Å²) in [7, 11) is 0. The van der Waals surface area contributed by atoms with Gasteiger partial charge in [-0.2, -0.15) is 0 Å². The van der Waals surface area contributed by atoms with Gasteiger partial charge in [0.05, 0.1) is 24.2 Å². The lowest BCUT2D eigenvalue weighted by Crippen LogP contribution is -2.54. The van der Waals surface area contributed by atoms with Gasteiger partial charge in [-0.3, -0.25) is 4.79 Å². The fraction of sp³-hybridized carbons (Fsp3) is 0.650. The van der Waals surface area contributed by atoms with Crippen LogP contribution in [0.15, 0.2) is 18.2 Å². The second-order valence-electron chi connectivity index (χ2n) is 8.01. The van der Waals surface area contributed by atoms with Gasteiger partial charge in [-0.15, -0.1) is 0 Å². The number of likely N-dealkylation sites (tertiary alicyclic amines) is 1. The molecule has 1 N–H and O–H groups in total. The lowest BCUT2D eigenvalue weighted by atomic mass is 9.80. The van der Waals surface area contributed by atoms with Gasteiger partial charge in [0.15, 0.2) is 0 Å². The number of rotatable bonds is 3. The summed E-state index contributed by atoms with van der Waals surface area (Å²) < 4.78 is 19.8. The lowest BCUT2D eigenvalue weighted by Gasteiger charge is -2.48. The van der Waals surface area contributed by atoms with Crippen molar-refractivity contribution in [2.75, 3.05) is 13.1 Å². The van der Waals surface area contributed by atoms with E-state index < -0.39 is 5.82 Å². The number of carbonyl (C=O) groups is 1. The van der Waals surface area contributed by atoms with E-state index in [0.29, 0.717) is 42.4 Å². The Bertz CT molecular complexity index is 638. The number of carbonyl (C=O) groups excluding carboxylic acids is 1. The van der Waals surface area contributed by atoms with Gasteiger partial charge in [0.1, 0.15) is 5.82 Å². The molecule has 2 fully saturated rings. The average molecular weight is 384 g/mol. The smallest absolute Gasteiger partial charge is 0.226 e. The molecular weight excluding hydrogens is 357 g/mol. The summed E-state index contributed by atoms with van der Waals surface area (Å²) in [5, 5.41) is 10.6. The molecule has 1 aromatic rings. The van der Waals surface area contributed by atoms with Gasteiger partial charge in [0.25, 0.3) is 0 Å². The molecule has 1 spiro atoms. The molecule has 0 aliphatic carbocycles. The maximum atomic E-state index is 13.4. The Morgan fingerprint density at radius 3 is 2.69 bits per heavy atom. The molecule has 3 rings (SSSR count). The minimum atomic E-state index is -0.429. The molecule has 2 atom stereocenters. The molecule has 2 aliphatic rings. The monoisotopic (exact) mass is 383 g/mol. The van der Waals surface area contributed by atoms with Crippen LogP contribution in [0, 0.1) is 11.7 Å². The number of hydrogen-bond donors (Lipinski definition) is 1. The van der Waals surface area contributed by atoms with Crippen molar-refractivity contribution in [2.24, 2.45) is 5.92 Å². The van der Waals surface area contributed by atoms with Crippen molar-refractivity contribution in [3.8, 4) is 0 Å². The van der Waals surface area contributed by atoms with E-state index >= 15 is 0 Å². The molecular formula is C20H27ClFNO3. The molecule has 4 nitrogen and oxygen atoms in total. The van der Waals surface area contributed by atoms with Crippen molar-refractivity contribution < 1.29 is 19.0 Å². The topological polar surface area (TPSA) is 49.8 Å². The van der Waals surface area contributed by atoms with Crippen LogP contribution in [-0.2, 0) is 16.0 Å². The first-order valence-electron chi connectivity index (χ1n) is 9.35. The van der Waals surface area contributed by atoms with Crippen LogP contribution in [-0.4, -0.2) is 46.8 Å². The summed E-state index contributed by atoms with van der Waals surface area (Å²) in [6.45, 7) is 5.41. The highest BCUT2D eigenvalue weighted by Crippen LogP contribution is 2.39. The molecule has 1 amide bonds. The van der Waals surface area contributed by atoms with E-state index in [4.69, 9.17) is 16.3 Å². The first-order chi connectivity index (χ1) is 12.3. The van der Waals surface area contributed by atoms with Crippen LogP contribution in [0.3, 0.4) is 0 Å². The van der Waals surface area contributed by atoms with Gasteiger partial charge in [-0.1, -0.05) is 25.4 Å². The molecule has 1 aromatic carbocycles. The van der Waals surface area contributed by atoms with Crippen molar-refractivity contribution in [3.05, 3.63) is 34.6 Å². The number of benzene rings is 1. The van der Waals surface area contributed by atoms with E-state index in [1.54, 1.807) is 11.0 Å². The van der Waals surface area contributed by atoms with Crippen molar-refractivity contribution >= 4 is 17.5 Å². The molecule has 6 heteroatoms. The maximum Gasteiger partial charge on any atom is 0.226 e. The van der Waals surface area contributed by atoms with E-state index in [0.717, 1.165) is 12.8 Å². The molecule has 0 aromatic heterocycles. The molecule has 0 radical (unpaired) electrons. The lowest BCUT2D eigenvalue weighted by molar-refractivity contribution is -0.193. The number of piperidine rings is 1. The molecule has 2 saturated heterocycles. The van der Waals surface area contributed by atoms with Gasteiger partial charge >= 0.3 is 0 Å². The molecule has 0 bridgehead atoms. The normalized spacial score (nSPS) is 25.7. The van der Waals surface area contributed by atoms with Gasteiger partial charge in [0.2, 0.25) is 5.91 Å². The predicted molar refractivity (Wildman–Crippen MR) is 98.6 cm³/mol. The Kier molecular flexibility index (Phi) is 5.90. The summed E-state index contributed by atoms with van der Waals surface area (Å²) in [6, 6.07) is 4.21. The number of aliphatic hydroxyl groups excluding tert-OH is 1. The summed E-state index contributed by atoms with van der Waals surface area (Å²) in [4.78, 5) is 14.4. The molecule has 2 heterocycles. The highest BCUT2D eigenvalue weighted by atomic mass is 35.5. The first-order valence-corrected chi connectivity index (χ1v) is 9.73. The van der Waals surface area contributed by atoms with E-state index in [9.17, 15) is 14.3 Å². The molecule has 144 valence electrons. The zero-order valence-corrected chi connectivity index (χ0v) is 16.1. The maximum absolute atomic E-state index is 13.4.